The van der Waals surface area contributed by atoms with Crippen LogP contribution in [0, 0.1) is 6.92 Å². The van der Waals surface area contributed by atoms with Gasteiger partial charge in [-0.1, -0.05) is 18.2 Å². The second kappa shape index (κ2) is 3.19. The molecule has 11 heavy (non-hydrogen) atoms. The van der Waals surface area contributed by atoms with Crippen molar-refractivity contribution in [3.63, 3.8) is 0 Å². The van der Waals surface area contributed by atoms with Gasteiger partial charge in [0.05, 0.1) is 0 Å². The van der Waals surface area contributed by atoms with E-state index >= 15 is 0 Å². The zero-order valence-corrected chi connectivity index (χ0v) is 6.72. The van der Waals surface area contributed by atoms with Gasteiger partial charge in [0.25, 0.3) is 5.91 Å². The van der Waals surface area contributed by atoms with Crippen molar-refractivity contribution in [3.8, 4) is 0 Å². The number of aryl methyl sites for hydroxylation is 1. The molecule has 0 saturated heterocycles. The number of hydrogen-bond donors (Lipinski definition) is 1. The van der Waals surface area contributed by atoms with Crippen molar-refractivity contribution in [1.82, 2.24) is 5.32 Å². The molecule has 1 aromatic rings. The van der Waals surface area contributed by atoms with E-state index in [0.717, 1.165) is 11.1 Å². The van der Waals surface area contributed by atoms with Crippen LogP contribution in [0.5, 0.6) is 0 Å². The molecule has 2 heteroatoms. The minimum Gasteiger partial charge on any atom is -0.355 e. The molecule has 2 nitrogen and oxygen atoms in total. The molecule has 58 valence electrons. The molecule has 0 bridgehead atoms. The summed E-state index contributed by atoms with van der Waals surface area (Å²) in [5.41, 5.74) is 1.75. The van der Waals surface area contributed by atoms with Crippen LogP contribution < -0.4 is 5.32 Å². The topological polar surface area (TPSA) is 29.1 Å². The predicted molar refractivity (Wildman–Crippen MR) is 44.6 cm³/mol. The van der Waals surface area contributed by atoms with E-state index in [2.05, 4.69) is 5.32 Å². The highest BCUT2D eigenvalue weighted by Crippen LogP contribution is 2.05. The number of carbonyl (C=O) groups excluding carboxylic acids is 1. The van der Waals surface area contributed by atoms with Crippen molar-refractivity contribution in [2.75, 3.05) is 7.05 Å². The standard InChI is InChI=1S/C9H11NO/c1-7-5-3-4-6-8(7)9(11)10-2/h3-6H,1-2H3,(H,10,11). The third-order valence-electron chi connectivity index (χ3n) is 1.62. The van der Waals surface area contributed by atoms with Crippen molar-refractivity contribution >= 4 is 5.91 Å². The van der Waals surface area contributed by atoms with Crippen LogP contribution in [0.1, 0.15) is 15.9 Å². The van der Waals surface area contributed by atoms with Gasteiger partial charge in [-0.25, -0.2) is 0 Å². The maximum absolute atomic E-state index is 11.1. The highest BCUT2D eigenvalue weighted by molar-refractivity contribution is 5.95. The van der Waals surface area contributed by atoms with Crippen LogP contribution in [0.4, 0.5) is 0 Å². The maximum Gasteiger partial charge on any atom is 0.251 e. The van der Waals surface area contributed by atoms with Gasteiger partial charge in [0.1, 0.15) is 0 Å². The first-order chi connectivity index (χ1) is 5.25. The van der Waals surface area contributed by atoms with Crippen LogP contribution in [-0.4, -0.2) is 13.0 Å². The summed E-state index contributed by atoms with van der Waals surface area (Å²) in [5.74, 6) is -0.0249. The second-order valence-electron chi connectivity index (χ2n) is 2.39. The van der Waals surface area contributed by atoms with Crippen LogP contribution >= 0.6 is 0 Å². The minimum absolute atomic E-state index is 0.0249. The first-order valence-corrected chi connectivity index (χ1v) is 3.53. The Labute approximate surface area is 66.2 Å². The molecule has 0 atom stereocenters. The van der Waals surface area contributed by atoms with Gasteiger partial charge in [0, 0.05) is 12.6 Å². The Balaban J connectivity index is 3.03. The lowest BCUT2D eigenvalue weighted by molar-refractivity contribution is 0.0962. The number of amides is 1. The molecule has 0 spiro atoms. The molecule has 0 unspecified atom stereocenters. The average Bonchev–Trinajstić information content (AvgIpc) is 2.04. The molecule has 1 N–H and O–H groups in total. The Bertz CT molecular complexity index is 268. The van der Waals surface area contributed by atoms with Gasteiger partial charge >= 0.3 is 0 Å². The van der Waals surface area contributed by atoms with Gasteiger partial charge in [-0.3, -0.25) is 4.79 Å². The Morgan fingerprint density at radius 3 is 2.55 bits per heavy atom. The molecule has 1 rings (SSSR count). The van der Waals surface area contributed by atoms with E-state index in [4.69, 9.17) is 0 Å². The largest absolute Gasteiger partial charge is 0.355 e. The van der Waals surface area contributed by atoms with E-state index in [1.165, 1.54) is 0 Å². The fourth-order valence-corrected chi connectivity index (χ4v) is 0.962. The molecular formula is C9H11NO. The van der Waals surface area contributed by atoms with Crippen LogP contribution in [0.2, 0.25) is 0 Å². The van der Waals surface area contributed by atoms with Crippen LogP contribution in [-0.2, 0) is 0 Å². The third-order valence-corrected chi connectivity index (χ3v) is 1.62. The molecule has 0 aliphatic carbocycles. The highest BCUT2D eigenvalue weighted by Gasteiger charge is 2.03. The van der Waals surface area contributed by atoms with E-state index in [9.17, 15) is 4.79 Å². The van der Waals surface area contributed by atoms with Gasteiger partial charge in [-0.15, -0.1) is 0 Å². The highest BCUT2D eigenvalue weighted by atomic mass is 16.1. The Kier molecular flexibility index (Phi) is 2.26. The van der Waals surface area contributed by atoms with Crippen LogP contribution in [0.25, 0.3) is 0 Å². The van der Waals surface area contributed by atoms with Crippen molar-refractivity contribution in [2.45, 2.75) is 6.92 Å². The maximum atomic E-state index is 11.1. The summed E-state index contributed by atoms with van der Waals surface area (Å²) in [6.07, 6.45) is 0. The van der Waals surface area contributed by atoms with Crippen LogP contribution in [0.15, 0.2) is 24.3 Å². The zero-order chi connectivity index (χ0) is 8.27. The van der Waals surface area contributed by atoms with Crippen molar-refractivity contribution in [1.29, 1.82) is 0 Å². The Hall–Kier alpha value is -1.31. The Morgan fingerprint density at radius 1 is 1.36 bits per heavy atom. The van der Waals surface area contributed by atoms with Gasteiger partial charge in [0.2, 0.25) is 0 Å². The van der Waals surface area contributed by atoms with Gasteiger partial charge < -0.3 is 5.32 Å². The minimum atomic E-state index is -0.0249. The molecule has 0 aromatic heterocycles. The Morgan fingerprint density at radius 2 is 2.00 bits per heavy atom. The summed E-state index contributed by atoms with van der Waals surface area (Å²) in [5, 5.41) is 2.58. The van der Waals surface area contributed by atoms with E-state index in [1.54, 1.807) is 7.05 Å². The molecular weight excluding hydrogens is 138 g/mol. The summed E-state index contributed by atoms with van der Waals surface area (Å²) in [4.78, 5) is 11.1. The molecule has 0 saturated carbocycles. The third kappa shape index (κ3) is 1.58. The van der Waals surface area contributed by atoms with Crippen molar-refractivity contribution in [3.05, 3.63) is 35.4 Å². The van der Waals surface area contributed by atoms with E-state index in [1.807, 2.05) is 31.2 Å². The lowest BCUT2D eigenvalue weighted by Gasteiger charge is -2.01. The van der Waals surface area contributed by atoms with Gasteiger partial charge in [0.15, 0.2) is 0 Å². The summed E-state index contributed by atoms with van der Waals surface area (Å²) >= 11 is 0. The van der Waals surface area contributed by atoms with Crippen LogP contribution in [0.3, 0.4) is 0 Å². The quantitative estimate of drug-likeness (QED) is 0.641. The molecule has 0 heterocycles. The van der Waals surface area contributed by atoms with Gasteiger partial charge in [-0.2, -0.15) is 0 Å². The summed E-state index contributed by atoms with van der Waals surface area (Å²) < 4.78 is 0. The monoisotopic (exact) mass is 149 g/mol. The zero-order valence-electron chi connectivity index (χ0n) is 6.72. The summed E-state index contributed by atoms with van der Waals surface area (Å²) in [6, 6.07) is 7.51. The second-order valence-corrected chi connectivity index (χ2v) is 2.39. The predicted octanol–water partition coefficient (Wildman–Crippen LogP) is 1.35. The van der Waals surface area contributed by atoms with Crippen molar-refractivity contribution in [2.24, 2.45) is 0 Å². The number of nitrogens with one attached hydrogen (secondary N) is 1. The van der Waals surface area contributed by atoms with Crippen molar-refractivity contribution < 1.29 is 4.79 Å². The normalized spacial score (nSPS) is 9.27. The van der Waals surface area contributed by atoms with E-state index in [-0.39, 0.29) is 5.91 Å². The van der Waals surface area contributed by atoms with E-state index in [0.29, 0.717) is 0 Å². The molecule has 0 radical (unpaired) electrons. The SMILES string of the molecule is CNC(=O)c1ccccc1C. The summed E-state index contributed by atoms with van der Waals surface area (Å²) in [6.45, 7) is 1.92. The smallest absolute Gasteiger partial charge is 0.251 e. The lowest BCUT2D eigenvalue weighted by atomic mass is 10.1. The molecule has 0 aliphatic rings. The first kappa shape index (κ1) is 7.79. The fourth-order valence-electron chi connectivity index (χ4n) is 0.962. The molecule has 1 aromatic carbocycles. The molecule has 0 aliphatic heterocycles. The fraction of sp³-hybridized carbons (Fsp3) is 0.222. The number of rotatable bonds is 1. The molecule has 0 fully saturated rings. The first-order valence-electron chi connectivity index (χ1n) is 3.53. The number of hydrogen-bond acceptors (Lipinski definition) is 1. The number of carbonyl (C=O) groups is 1. The lowest BCUT2D eigenvalue weighted by Crippen LogP contribution is -2.18. The molecule has 1 amide bonds. The van der Waals surface area contributed by atoms with E-state index < -0.39 is 0 Å². The van der Waals surface area contributed by atoms with Gasteiger partial charge in [-0.05, 0) is 18.6 Å². The number of benzene rings is 1. The summed E-state index contributed by atoms with van der Waals surface area (Å²) in [7, 11) is 1.63. The average molecular weight is 149 g/mol.